The Labute approximate surface area is 237 Å². The van der Waals surface area contributed by atoms with Crippen LogP contribution < -0.4 is 21.1 Å². The minimum absolute atomic E-state index is 0.0181. The van der Waals surface area contributed by atoms with Crippen molar-refractivity contribution in [2.24, 2.45) is 7.05 Å². The van der Waals surface area contributed by atoms with E-state index in [-0.39, 0.29) is 45.2 Å². The van der Waals surface area contributed by atoms with Crippen LogP contribution in [-0.2, 0) is 11.8 Å². The molecule has 1 unspecified atom stereocenters. The van der Waals surface area contributed by atoms with Gasteiger partial charge in [0.2, 0.25) is 6.30 Å². The van der Waals surface area contributed by atoms with Crippen molar-refractivity contribution in [1.29, 1.82) is 5.26 Å². The molecule has 2 amide bonds. The molecule has 4 N–H and O–H groups in total. The number of benzene rings is 2. The zero-order chi connectivity index (χ0) is 30.9. The second-order valence-corrected chi connectivity index (χ2v) is 9.23. The lowest BCUT2D eigenvalue weighted by molar-refractivity contribution is -0.112. The Morgan fingerprint density at radius 2 is 1.90 bits per heavy atom. The Balaban J connectivity index is 1.97. The average molecular weight is 581 g/mol. The highest BCUT2D eigenvalue weighted by Crippen LogP contribution is 2.45. The number of ether oxygens (including phenoxy) is 1. The summed E-state index contributed by atoms with van der Waals surface area (Å²) in [6.45, 7) is 5.06. The highest BCUT2D eigenvalue weighted by molar-refractivity contribution is 6.11. The van der Waals surface area contributed by atoms with Crippen LogP contribution in [0.4, 0.5) is 29.1 Å². The number of hydrogen-bond acceptors (Lipinski definition) is 6. The van der Waals surface area contributed by atoms with Crippen molar-refractivity contribution in [3.8, 4) is 34.2 Å². The zero-order valence-corrected chi connectivity index (χ0v) is 22.6. The summed E-state index contributed by atoms with van der Waals surface area (Å²) in [4.78, 5) is 28.7. The molecule has 0 aliphatic rings. The fraction of sp³-hybridized carbons (Fsp3) is 0.172. The van der Waals surface area contributed by atoms with Crippen LogP contribution in [0.25, 0.3) is 33.3 Å². The number of methoxy groups -OCH3 is 1. The number of carbonyl (C=O) groups excluding carboxylic acids is 2. The van der Waals surface area contributed by atoms with E-state index >= 15 is 4.39 Å². The molecule has 0 radical (unpaired) electrons. The number of anilines is 2. The Hall–Kier alpha value is -5.38. The van der Waals surface area contributed by atoms with Crippen LogP contribution in [0.15, 0.2) is 54.7 Å². The summed E-state index contributed by atoms with van der Waals surface area (Å²) in [6.07, 6.45) is -5.05. The Kier molecular flexibility index (Phi) is 8.19. The van der Waals surface area contributed by atoms with Gasteiger partial charge in [-0.25, -0.2) is 22.5 Å². The van der Waals surface area contributed by atoms with Crippen molar-refractivity contribution in [2.75, 3.05) is 18.2 Å². The number of nitrogens with one attached hydrogen (secondary N) is 2. The smallest absolute Gasteiger partial charge is 0.287 e. The van der Waals surface area contributed by atoms with Gasteiger partial charge in [0.15, 0.2) is 0 Å². The van der Waals surface area contributed by atoms with Crippen LogP contribution in [0, 0.1) is 17.1 Å². The molecular weight excluding hydrogens is 556 g/mol. The number of halogens is 4. The van der Waals surface area contributed by atoms with Gasteiger partial charge in [-0.3, -0.25) is 9.59 Å². The van der Waals surface area contributed by atoms with E-state index in [0.29, 0.717) is 22.0 Å². The number of amides is 2. The molecule has 13 heteroatoms. The summed E-state index contributed by atoms with van der Waals surface area (Å²) >= 11 is 0. The van der Waals surface area contributed by atoms with Gasteiger partial charge in [-0.2, -0.15) is 5.26 Å². The molecule has 4 rings (SSSR count). The molecule has 9 nitrogen and oxygen atoms in total. The maximum absolute atomic E-state index is 15.7. The number of nitriles is 1. The van der Waals surface area contributed by atoms with Crippen molar-refractivity contribution < 1.29 is 31.9 Å². The van der Waals surface area contributed by atoms with E-state index in [1.165, 1.54) is 50.6 Å². The van der Waals surface area contributed by atoms with Gasteiger partial charge >= 0.3 is 0 Å². The van der Waals surface area contributed by atoms with Gasteiger partial charge in [0.1, 0.15) is 23.5 Å². The minimum atomic E-state index is -3.43. The zero-order valence-electron chi connectivity index (χ0n) is 22.6. The van der Waals surface area contributed by atoms with Crippen molar-refractivity contribution in [2.45, 2.75) is 19.6 Å². The second kappa shape index (κ2) is 11.6. The summed E-state index contributed by atoms with van der Waals surface area (Å²) in [5.41, 5.74) is 7.89. The molecule has 0 fully saturated rings. The van der Waals surface area contributed by atoms with Crippen LogP contribution in [0.2, 0.25) is 0 Å². The van der Waals surface area contributed by atoms with Gasteiger partial charge in [0, 0.05) is 35.6 Å². The van der Waals surface area contributed by atoms with Crippen molar-refractivity contribution in [1.82, 2.24) is 14.9 Å². The molecule has 0 saturated carbocycles. The van der Waals surface area contributed by atoms with Crippen LogP contribution in [0.3, 0.4) is 0 Å². The number of hydrogen-bond donors (Lipinski definition) is 3. The van der Waals surface area contributed by atoms with Crippen molar-refractivity contribution >= 4 is 34.2 Å². The van der Waals surface area contributed by atoms with E-state index < -0.39 is 30.4 Å². The quantitative estimate of drug-likeness (QED) is 0.147. The number of pyridine rings is 1. The van der Waals surface area contributed by atoms with E-state index in [0.717, 1.165) is 6.07 Å². The lowest BCUT2D eigenvalue weighted by Crippen LogP contribution is -2.36. The maximum atomic E-state index is 15.7. The molecule has 2 heterocycles. The lowest BCUT2D eigenvalue weighted by atomic mass is 9.96. The molecule has 42 heavy (non-hydrogen) atoms. The molecule has 4 aromatic rings. The largest absolute Gasteiger partial charge is 0.496 e. The fourth-order valence-electron chi connectivity index (χ4n) is 4.51. The summed E-state index contributed by atoms with van der Waals surface area (Å²) < 4.78 is 61.4. The van der Waals surface area contributed by atoms with Gasteiger partial charge in [-0.15, -0.1) is 0 Å². The number of nitrogen functional groups attached to an aromatic ring is 1. The lowest BCUT2D eigenvalue weighted by Gasteiger charge is -2.15. The Morgan fingerprint density at radius 3 is 2.50 bits per heavy atom. The summed E-state index contributed by atoms with van der Waals surface area (Å²) in [5.74, 6) is -2.44. The third kappa shape index (κ3) is 5.34. The van der Waals surface area contributed by atoms with Gasteiger partial charge in [0.25, 0.3) is 18.2 Å². The first-order chi connectivity index (χ1) is 19.9. The standard InChI is InChI=1S/C29H24F4N6O3/c1-13(2)28(40)37-16-6-8-17(19(30)10-16)24-21(22-23(39(24)3)15(11-34)12-36-27(22)35)14-5-7-18(20(9-14)42-4)29(41)38-26(33)25(31)32/h5-10,12,25-26H,1H2,2-4H3,(H2,35,36)(H,37,40)(H,38,41). The van der Waals surface area contributed by atoms with Crippen molar-refractivity contribution in [3.63, 3.8) is 0 Å². The highest BCUT2D eigenvalue weighted by atomic mass is 19.3. The summed E-state index contributed by atoms with van der Waals surface area (Å²) in [6, 6.07) is 10.1. The topological polar surface area (TPSA) is 135 Å². The number of rotatable bonds is 8. The van der Waals surface area contributed by atoms with E-state index in [1.54, 1.807) is 16.9 Å². The van der Waals surface area contributed by atoms with E-state index in [4.69, 9.17) is 10.5 Å². The first-order valence-electron chi connectivity index (χ1n) is 12.2. The van der Waals surface area contributed by atoms with Crippen LogP contribution >= 0.6 is 0 Å². The molecule has 0 saturated heterocycles. The van der Waals surface area contributed by atoms with Gasteiger partial charge in [0.05, 0.1) is 34.8 Å². The van der Waals surface area contributed by atoms with Crippen LogP contribution in [0.1, 0.15) is 22.8 Å². The predicted molar refractivity (Wildman–Crippen MR) is 149 cm³/mol. The normalized spacial score (nSPS) is 11.7. The molecule has 0 spiro atoms. The monoisotopic (exact) mass is 580 g/mol. The fourth-order valence-corrected chi connectivity index (χ4v) is 4.51. The first-order valence-corrected chi connectivity index (χ1v) is 12.2. The number of fused-ring (bicyclic) bond motifs is 1. The minimum Gasteiger partial charge on any atom is -0.496 e. The molecule has 216 valence electrons. The van der Waals surface area contributed by atoms with Gasteiger partial charge < -0.3 is 25.7 Å². The molecule has 0 aliphatic carbocycles. The van der Waals surface area contributed by atoms with E-state index in [9.17, 15) is 28.0 Å². The number of carbonyl (C=O) groups is 2. The molecule has 2 aromatic heterocycles. The third-order valence-electron chi connectivity index (χ3n) is 6.45. The average Bonchev–Trinajstić information content (AvgIpc) is 3.26. The predicted octanol–water partition coefficient (Wildman–Crippen LogP) is 5.31. The molecule has 2 aromatic carbocycles. The van der Waals surface area contributed by atoms with Crippen LogP contribution in [-0.4, -0.2) is 41.2 Å². The highest BCUT2D eigenvalue weighted by Gasteiger charge is 2.27. The van der Waals surface area contributed by atoms with Crippen LogP contribution in [0.5, 0.6) is 5.75 Å². The molecular formula is C29H24F4N6O3. The summed E-state index contributed by atoms with van der Waals surface area (Å²) in [5, 5.41) is 14.2. The van der Waals surface area contributed by atoms with Gasteiger partial charge in [-0.05, 0) is 42.8 Å². The summed E-state index contributed by atoms with van der Waals surface area (Å²) in [7, 11) is 2.82. The number of nitrogens with two attached hydrogens (primary N) is 1. The SMILES string of the molecule is C=C(C)C(=O)Nc1ccc(-c2c(-c3ccc(C(=O)NC(F)C(F)F)c(OC)c3)c3c(N)ncc(C#N)c3n2C)c(F)c1. The molecule has 0 aliphatic heterocycles. The third-order valence-corrected chi connectivity index (χ3v) is 6.45. The van der Waals surface area contributed by atoms with E-state index in [1.807, 2.05) is 6.07 Å². The number of aromatic nitrogens is 2. The van der Waals surface area contributed by atoms with E-state index in [2.05, 4.69) is 16.9 Å². The molecule has 1 atom stereocenters. The second-order valence-electron chi connectivity index (χ2n) is 9.23. The molecule has 0 bridgehead atoms. The number of alkyl halides is 3. The Bertz CT molecular complexity index is 1790. The maximum Gasteiger partial charge on any atom is 0.287 e. The number of aryl methyl sites for hydroxylation is 1. The van der Waals surface area contributed by atoms with Crippen molar-refractivity contribution in [3.05, 3.63) is 71.7 Å². The van der Waals surface area contributed by atoms with Gasteiger partial charge in [-0.1, -0.05) is 12.6 Å². The first kappa shape index (κ1) is 29.6. The number of nitrogens with zero attached hydrogens (tertiary/aromatic N) is 3. The Morgan fingerprint density at radius 1 is 1.19 bits per heavy atom.